The third-order valence-electron chi connectivity index (χ3n) is 5.60. The zero-order chi connectivity index (χ0) is 22.0. The first-order valence-electron chi connectivity index (χ1n) is 10.2. The molecule has 0 radical (unpaired) electrons. The summed E-state index contributed by atoms with van der Waals surface area (Å²) < 4.78 is 6.97. The number of nitrogens with zero attached hydrogens (tertiary/aromatic N) is 4. The van der Waals surface area contributed by atoms with Gasteiger partial charge in [0.15, 0.2) is 12.3 Å². The van der Waals surface area contributed by atoms with E-state index in [2.05, 4.69) is 21.5 Å². The maximum Gasteiger partial charge on any atom is 0.339 e. The predicted octanol–water partition coefficient (Wildman–Crippen LogP) is 3.50. The number of amides is 1. The van der Waals surface area contributed by atoms with Gasteiger partial charge in [-0.05, 0) is 37.3 Å². The Hall–Kier alpha value is -3.25. The molecule has 0 saturated heterocycles. The van der Waals surface area contributed by atoms with Crippen LogP contribution in [0, 0.1) is 18.3 Å². The Bertz CT molecular complexity index is 1170. The van der Waals surface area contributed by atoms with Gasteiger partial charge < -0.3 is 10.1 Å². The van der Waals surface area contributed by atoms with Gasteiger partial charge in [-0.25, -0.2) is 9.78 Å². The van der Waals surface area contributed by atoms with Crippen molar-refractivity contribution < 1.29 is 14.3 Å². The SMILES string of the molecule is Cc1nn(C)c2nc(-c3cccs3)cc(C(=O)OCC(=O)NC3(C#N)CCCCC3)c12. The number of hydrogen-bond donors (Lipinski definition) is 1. The summed E-state index contributed by atoms with van der Waals surface area (Å²) in [6.07, 6.45) is 4.09. The average Bonchev–Trinajstić information content (AvgIpc) is 3.41. The molecule has 0 atom stereocenters. The molecule has 160 valence electrons. The molecule has 0 bridgehead atoms. The van der Waals surface area contributed by atoms with E-state index >= 15 is 0 Å². The van der Waals surface area contributed by atoms with Crippen LogP contribution in [0.5, 0.6) is 0 Å². The van der Waals surface area contributed by atoms with Crippen LogP contribution in [0.15, 0.2) is 23.6 Å². The molecule has 1 saturated carbocycles. The van der Waals surface area contributed by atoms with Crippen molar-refractivity contribution >= 4 is 34.2 Å². The lowest BCUT2D eigenvalue weighted by molar-refractivity contribution is -0.125. The van der Waals surface area contributed by atoms with Gasteiger partial charge in [-0.1, -0.05) is 25.3 Å². The number of carbonyl (C=O) groups excluding carboxylic acids is 2. The Kier molecular flexibility index (Phi) is 5.74. The van der Waals surface area contributed by atoms with Gasteiger partial charge in [0.25, 0.3) is 5.91 Å². The largest absolute Gasteiger partial charge is 0.452 e. The van der Waals surface area contributed by atoms with E-state index < -0.39 is 24.0 Å². The second-order valence-electron chi connectivity index (χ2n) is 7.82. The summed E-state index contributed by atoms with van der Waals surface area (Å²) in [5.41, 5.74) is 1.33. The molecular formula is C22H23N5O3S. The van der Waals surface area contributed by atoms with Crippen LogP contribution in [-0.2, 0) is 16.6 Å². The zero-order valence-corrected chi connectivity index (χ0v) is 18.3. The maximum atomic E-state index is 13.0. The van der Waals surface area contributed by atoms with Crippen molar-refractivity contribution in [2.24, 2.45) is 7.05 Å². The number of aryl methyl sites for hydroxylation is 2. The summed E-state index contributed by atoms with van der Waals surface area (Å²) in [5, 5.41) is 19.2. The molecule has 8 nitrogen and oxygen atoms in total. The number of pyridine rings is 1. The molecule has 4 rings (SSSR count). The number of carbonyl (C=O) groups is 2. The molecule has 3 aromatic heterocycles. The summed E-state index contributed by atoms with van der Waals surface area (Å²) in [6.45, 7) is 1.36. The van der Waals surface area contributed by atoms with E-state index in [1.807, 2.05) is 17.5 Å². The third-order valence-corrected chi connectivity index (χ3v) is 6.49. The Balaban J connectivity index is 1.56. The van der Waals surface area contributed by atoms with Crippen LogP contribution in [0.3, 0.4) is 0 Å². The molecule has 0 spiro atoms. The van der Waals surface area contributed by atoms with Crippen molar-refractivity contribution in [1.82, 2.24) is 20.1 Å². The fourth-order valence-corrected chi connectivity index (χ4v) is 4.77. The molecule has 1 aliphatic carbocycles. The predicted molar refractivity (Wildman–Crippen MR) is 116 cm³/mol. The molecule has 3 aromatic rings. The van der Waals surface area contributed by atoms with Crippen molar-refractivity contribution in [2.75, 3.05) is 6.61 Å². The molecule has 9 heteroatoms. The Morgan fingerprint density at radius 1 is 1.35 bits per heavy atom. The first-order chi connectivity index (χ1) is 14.9. The normalized spacial score (nSPS) is 15.4. The van der Waals surface area contributed by atoms with Crippen molar-refractivity contribution in [1.29, 1.82) is 5.26 Å². The van der Waals surface area contributed by atoms with E-state index in [1.54, 1.807) is 24.7 Å². The number of nitriles is 1. The van der Waals surface area contributed by atoms with Gasteiger partial charge in [0, 0.05) is 7.05 Å². The zero-order valence-electron chi connectivity index (χ0n) is 17.5. The summed E-state index contributed by atoms with van der Waals surface area (Å²) in [6, 6.07) is 7.76. The number of thiophene rings is 1. The molecule has 1 N–H and O–H groups in total. The number of esters is 1. The molecular weight excluding hydrogens is 414 g/mol. The fraction of sp³-hybridized carbons (Fsp3) is 0.409. The average molecular weight is 438 g/mol. The van der Waals surface area contributed by atoms with E-state index in [0.717, 1.165) is 24.1 Å². The minimum atomic E-state index is -0.863. The van der Waals surface area contributed by atoms with Crippen molar-refractivity contribution in [3.63, 3.8) is 0 Å². The topological polar surface area (TPSA) is 110 Å². The lowest BCUT2D eigenvalue weighted by atomic mass is 9.83. The van der Waals surface area contributed by atoms with Crippen molar-refractivity contribution in [2.45, 2.75) is 44.6 Å². The summed E-state index contributed by atoms with van der Waals surface area (Å²) in [4.78, 5) is 31.0. The number of rotatable bonds is 5. The number of ether oxygens (including phenoxy) is 1. The highest BCUT2D eigenvalue weighted by Crippen LogP contribution is 2.30. The van der Waals surface area contributed by atoms with Crippen molar-refractivity contribution in [3.8, 4) is 16.6 Å². The Morgan fingerprint density at radius 3 is 2.81 bits per heavy atom. The van der Waals surface area contributed by atoms with E-state index in [-0.39, 0.29) is 0 Å². The van der Waals surface area contributed by atoms with Gasteiger partial charge >= 0.3 is 5.97 Å². The van der Waals surface area contributed by atoms with E-state index in [0.29, 0.717) is 40.8 Å². The fourth-order valence-electron chi connectivity index (χ4n) is 4.09. The number of nitrogens with one attached hydrogen (secondary N) is 1. The van der Waals surface area contributed by atoms with Gasteiger partial charge in [0.1, 0.15) is 5.54 Å². The molecule has 0 unspecified atom stereocenters. The lowest BCUT2D eigenvalue weighted by Crippen LogP contribution is -2.50. The molecule has 31 heavy (non-hydrogen) atoms. The quantitative estimate of drug-likeness (QED) is 0.612. The van der Waals surface area contributed by atoms with Crippen LogP contribution in [0.1, 0.15) is 48.2 Å². The summed E-state index contributed by atoms with van der Waals surface area (Å²) >= 11 is 1.52. The van der Waals surface area contributed by atoms with Crippen LogP contribution in [0.4, 0.5) is 0 Å². The van der Waals surface area contributed by atoms with E-state index in [4.69, 9.17) is 4.74 Å². The summed E-state index contributed by atoms with van der Waals surface area (Å²) in [7, 11) is 1.77. The highest BCUT2D eigenvalue weighted by molar-refractivity contribution is 7.13. The standard InChI is InChI=1S/C22H23N5O3S/c1-14-19-15(11-16(17-7-6-10-31-17)24-20(19)27(2)26-14)21(29)30-12-18(28)25-22(13-23)8-4-3-5-9-22/h6-7,10-11H,3-5,8-9,12H2,1-2H3,(H,25,28). The van der Waals surface area contributed by atoms with Gasteiger partial charge in [-0.2, -0.15) is 10.4 Å². The minimum absolute atomic E-state index is 0.319. The molecule has 1 amide bonds. The van der Waals surface area contributed by atoms with Crippen LogP contribution < -0.4 is 5.32 Å². The van der Waals surface area contributed by atoms with Crippen LogP contribution in [-0.4, -0.2) is 38.8 Å². The highest BCUT2D eigenvalue weighted by atomic mass is 32.1. The molecule has 3 heterocycles. The van der Waals surface area contributed by atoms with Crippen LogP contribution in [0.25, 0.3) is 21.6 Å². The molecule has 0 aromatic carbocycles. The van der Waals surface area contributed by atoms with Gasteiger partial charge in [0.2, 0.25) is 0 Å². The first kappa shape index (κ1) is 21.0. The van der Waals surface area contributed by atoms with Crippen LogP contribution in [0.2, 0.25) is 0 Å². The first-order valence-corrected chi connectivity index (χ1v) is 11.1. The second-order valence-corrected chi connectivity index (χ2v) is 8.77. The third kappa shape index (κ3) is 4.16. The molecule has 0 aliphatic heterocycles. The van der Waals surface area contributed by atoms with Gasteiger partial charge in [-0.3, -0.25) is 9.48 Å². The van der Waals surface area contributed by atoms with E-state index in [9.17, 15) is 14.9 Å². The monoisotopic (exact) mass is 437 g/mol. The summed E-state index contributed by atoms with van der Waals surface area (Å²) in [5.74, 6) is -1.09. The smallest absolute Gasteiger partial charge is 0.339 e. The second kappa shape index (κ2) is 8.47. The van der Waals surface area contributed by atoms with Crippen molar-refractivity contribution in [3.05, 3.63) is 34.8 Å². The number of hydrogen-bond acceptors (Lipinski definition) is 7. The minimum Gasteiger partial charge on any atom is -0.452 e. The number of fused-ring (bicyclic) bond motifs is 1. The van der Waals surface area contributed by atoms with Gasteiger partial charge in [0.05, 0.1) is 33.3 Å². The van der Waals surface area contributed by atoms with Crippen LogP contribution >= 0.6 is 11.3 Å². The Morgan fingerprint density at radius 2 is 2.13 bits per heavy atom. The maximum absolute atomic E-state index is 13.0. The lowest BCUT2D eigenvalue weighted by Gasteiger charge is -2.31. The number of aromatic nitrogens is 3. The van der Waals surface area contributed by atoms with Gasteiger partial charge in [-0.15, -0.1) is 11.3 Å². The van der Waals surface area contributed by atoms with E-state index in [1.165, 1.54) is 11.3 Å². The highest BCUT2D eigenvalue weighted by Gasteiger charge is 2.33. The molecule has 1 fully saturated rings. The Labute approximate surface area is 183 Å². The molecule has 1 aliphatic rings.